The van der Waals surface area contributed by atoms with Crippen molar-refractivity contribution in [3.8, 4) is 44.9 Å². The molecule has 0 atom stereocenters. The lowest BCUT2D eigenvalue weighted by molar-refractivity contribution is 0.447. The average molecular weight is 792 g/mol. The van der Waals surface area contributed by atoms with E-state index in [0.29, 0.717) is 0 Å². The van der Waals surface area contributed by atoms with Crippen LogP contribution in [-0.2, 0) is 10.8 Å². The van der Waals surface area contributed by atoms with Gasteiger partial charge in [-0.2, -0.15) is 0 Å². The number of anilines is 3. The maximum atomic E-state index is 7.28. The standard InChI is InChI=1S/C60H41NO/c1-59(2)50-25-13-10-24-47(50)49-36-41(31-35-51(49)59)61(56-27-15-12-20-43(56)38-16-4-3-5-17-38)42-30-32-48-46-23-11-14-26-52(46)60(55(48)37-42)53-33-28-39-18-6-8-21-44(39)57(53)62-58-45-22-9-7-19-40(45)29-34-54(58)60/h3-37H,1-2H3. The largest absolute Gasteiger partial charge is 0.455 e. The molecular formula is C60H41NO. The predicted molar refractivity (Wildman–Crippen MR) is 257 cm³/mol. The Balaban J connectivity index is 1.13. The van der Waals surface area contributed by atoms with Crippen LogP contribution in [0.15, 0.2) is 212 Å². The molecule has 0 aromatic heterocycles. The Morgan fingerprint density at radius 1 is 0.355 bits per heavy atom. The molecule has 10 aromatic carbocycles. The van der Waals surface area contributed by atoms with Crippen LogP contribution in [0.3, 0.4) is 0 Å². The van der Waals surface area contributed by atoms with Crippen molar-refractivity contribution >= 4 is 38.6 Å². The predicted octanol–water partition coefficient (Wildman–Crippen LogP) is 15.9. The van der Waals surface area contributed by atoms with E-state index in [-0.39, 0.29) is 5.41 Å². The van der Waals surface area contributed by atoms with Gasteiger partial charge in [0, 0.05) is 44.3 Å². The molecule has 3 aliphatic rings. The first kappa shape index (κ1) is 35.1. The lowest BCUT2D eigenvalue weighted by atomic mass is 9.65. The number of rotatable bonds is 4. The van der Waals surface area contributed by atoms with Crippen molar-refractivity contribution in [2.75, 3.05) is 4.90 Å². The molecule has 1 spiro atoms. The van der Waals surface area contributed by atoms with Crippen molar-refractivity contribution in [2.24, 2.45) is 0 Å². The highest BCUT2D eigenvalue weighted by Crippen LogP contribution is 2.64. The highest BCUT2D eigenvalue weighted by atomic mass is 16.5. The van der Waals surface area contributed by atoms with Gasteiger partial charge in [0.2, 0.25) is 0 Å². The van der Waals surface area contributed by atoms with E-state index in [1.54, 1.807) is 0 Å². The van der Waals surface area contributed by atoms with Crippen LogP contribution >= 0.6 is 0 Å². The monoisotopic (exact) mass is 791 g/mol. The molecule has 2 nitrogen and oxygen atoms in total. The number of nitrogens with zero attached hydrogens (tertiary/aromatic N) is 1. The van der Waals surface area contributed by atoms with E-state index in [9.17, 15) is 0 Å². The van der Waals surface area contributed by atoms with Gasteiger partial charge in [-0.25, -0.2) is 0 Å². The van der Waals surface area contributed by atoms with Crippen LogP contribution in [0.1, 0.15) is 47.2 Å². The molecule has 2 heteroatoms. The van der Waals surface area contributed by atoms with Gasteiger partial charge in [0.15, 0.2) is 0 Å². The summed E-state index contributed by atoms with van der Waals surface area (Å²) in [6.45, 7) is 4.71. The fraction of sp³-hybridized carbons (Fsp3) is 0.0667. The van der Waals surface area contributed by atoms with E-state index >= 15 is 0 Å². The molecule has 0 saturated carbocycles. The zero-order valence-electron chi connectivity index (χ0n) is 34.6. The Hall–Kier alpha value is -7.68. The number of ether oxygens (including phenoxy) is 1. The van der Waals surface area contributed by atoms with E-state index in [0.717, 1.165) is 61.2 Å². The minimum absolute atomic E-state index is 0.0961. The van der Waals surface area contributed by atoms with Gasteiger partial charge in [0.25, 0.3) is 0 Å². The minimum atomic E-state index is -0.662. The summed E-state index contributed by atoms with van der Waals surface area (Å²) in [6, 6.07) is 78.5. The molecule has 1 heterocycles. The third-order valence-corrected chi connectivity index (χ3v) is 14.1. The van der Waals surface area contributed by atoms with Crippen molar-refractivity contribution in [2.45, 2.75) is 24.7 Å². The minimum Gasteiger partial charge on any atom is -0.455 e. The molecule has 62 heavy (non-hydrogen) atoms. The zero-order valence-corrected chi connectivity index (χ0v) is 34.6. The molecule has 0 N–H and O–H groups in total. The number of fused-ring (bicyclic) bond motifs is 16. The van der Waals surface area contributed by atoms with E-state index in [1.165, 1.54) is 55.6 Å². The number of para-hydroxylation sites is 1. The first-order valence-corrected chi connectivity index (χ1v) is 21.7. The Morgan fingerprint density at radius 2 is 0.855 bits per heavy atom. The molecule has 0 bridgehead atoms. The highest BCUT2D eigenvalue weighted by molar-refractivity contribution is 6.01. The summed E-state index contributed by atoms with van der Waals surface area (Å²) in [4.78, 5) is 2.50. The Bertz CT molecular complexity index is 3400. The van der Waals surface area contributed by atoms with Crippen molar-refractivity contribution in [1.82, 2.24) is 0 Å². The lowest BCUT2D eigenvalue weighted by Gasteiger charge is -2.40. The smallest absolute Gasteiger partial charge is 0.140 e. The fourth-order valence-corrected chi connectivity index (χ4v) is 11.3. The summed E-state index contributed by atoms with van der Waals surface area (Å²) in [6.07, 6.45) is 0. The van der Waals surface area contributed by atoms with Crippen LogP contribution in [0.25, 0.3) is 54.9 Å². The molecule has 1 aliphatic heterocycles. The van der Waals surface area contributed by atoms with Crippen LogP contribution < -0.4 is 9.64 Å². The van der Waals surface area contributed by atoms with Crippen LogP contribution in [0.5, 0.6) is 11.5 Å². The molecule has 0 fully saturated rings. The van der Waals surface area contributed by atoms with Gasteiger partial charge in [0.1, 0.15) is 11.5 Å². The number of hydrogen-bond donors (Lipinski definition) is 0. The molecule has 2 aliphatic carbocycles. The molecule has 0 radical (unpaired) electrons. The first-order chi connectivity index (χ1) is 30.5. The van der Waals surface area contributed by atoms with E-state index in [2.05, 4.69) is 231 Å². The van der Waals surface area contributed by atoms with Crippen molar-refractivity contribution in [3.05, 3.63) is 246 Å². The van der Waals surface area contributed by atoms with Crippen LogP contribution in [0.4, 0.5) is 17.1 Å². The summed E-state index contributed by atoms with van der Waals surface area (Å²) < 4.78 is 7.28. The summed E-state index contributed by atoms with van der Waals surface area (Å²) in [5, 5.41) is 4.56. The molecular weight excluding hydrogens is 751 g/mol. The third kappa shape index (κ3) is 4.69. The van der Waals surface area contributed by atoms with Gasteiger partial charge in [-0.15, -0.1) is 0 Å². The Labute approximate surface area is 362 Å². The Morgan fingerprint density at radius 3 is 1.56 bits per heavy atom. The summed E-state index contributed by atoms with van der Waals surface area (Å²) in [5.41, 5.74) is 17.6. The fourth-order valence-electron chi connectivity index (χ4n) is 11.3. The van der Waals surface area contributed by atoms with Gasteiger partial charge in [-0.3, -0.25) is 0 Å². The number of hydrogen-bond acceptors (Lipinski definition) is 2. The molecule has 10 aromatic rings. The van der Waals surface area contributed by atoms with Crippen LogP contribution in [0, 0.1) is 0 Å². The van der Waals surface area contributed by atoms with Gasteiger partial charge in [0.05, 0.1) is 11.1 Å². The maximum Gasteiger partial charge on any atom is 0.140 e. The van der Waals surface area contributed by atoms with Gasteiger partial charge < -0.3 is 9.64 Å². The molecule has 292 valence electrons. The topological polar surface area (TPSA) is 12.5 Å². The molecule has 0 saturated heterocycles. The van der Waals surface area contributed by atoms with Gasteiger partial charge in [-0.1, -0.05) is 196 Å². The van der Waals surface area contributed by atoms with Gasteiger partial charge >= 0.3 is 0 Å². The lowest BCUT2D eigenvalue weighted by Crippen LogP contribution is -2.32. The van der Waals surface area contributed by atoms with Crippen molar-refractivity contribution in [3.63, 3.8) is 0 Å². The van der Waals surface area contributed by atoms with Crippen molar-refractivity contribution < 1.29 is 4.74 Å². The van der Waals surface area contributed by atoms with E-state index in [4.69, 9.17) is 4.74 Å². The SMILES string of the molecule is CC1(C)c2ccccc2-c2cc(N(c3ccc4c(c3)C3(c5ccccc5-4)c4ccc5ccccc5c4Oc4c3ccc3ccccc43)c3ccccc3-c3ccccc3)ccc21. The average Bonchev–Trinajstić information content (AvgIpc) is 3.74. The van der Waals surface area contributed by atoms with Crippen molar-refractivity contribution in [1.29, 1.82) is 0 Å². The van der Waals surface area contributed by atoms with Crippen LogP contribution in [-0.4, -0.2) is 0 Å². The highest BCUT2D eigenvalue weighted by Gasteiger charge is 2.52. The second-order valence-corrected chi connectivity index (χ2v) is 17.6. The van der Waals surface area contributed by atoms with E-state index < -0.39 is 5.41 Å². The zero-order chi connectivity index (χ0) is 41.2. The first-order valence-electron chi connectivity index (χ1n) is 21.7. The van der Waals surface area contributed by atoms with Gasteiger partial charge in [-0.05, 0) is 91.2 Å². The molecule has 0 unspecified atom stereocenters. The number of benzene rings is 10. The summed E-state index contributed by atoms with van der Waals surface area (Å²) >= 11 is 0. The second kappa shape index (κ2) is 12.9. The van der Waals surface area contributed by atoms with Crippen LogP contribution in [0.2, 0.25) is 0 Å². The van der Waals surface area contributed by atoms with E-state index in [1.807, 2.05) is 0 Å². The third-order valence-electron chi connectivity index (χ3n) is 14.1. The maximum absolute atomic E-state index is 7.28. The summed E-state index contributed by atoms with van der Waals surface area (Å²) in [5.74, 6) is 1.84. The molecule has 13 rings (SSSR count). The summed E-state index contributed by atoms with van der Waals surface area (Å²) in [7, 11) is 0. The molecule has 0 amide bonds. The normalized spacial score (nSPS) is 14.4. The quantitative estimate of drug-likeness (QED) is 0.176. The Kier molecular flexibility index (Phi) is 7.31. The second-order valence-electron chi connectivity index (χ2n) is 17.6.